The lowest BCUT2D eigenvalue weighted by Crippen LogP contribution is -2.62. The molecule has 0 aromatic heterocycles. The van der Waals surface area contributed by atoms with Crippen LogP contribution < -0.4 is 0 Å². The summed E-state index contributed by atoms with van der Waals surface area (Å²) in [6, 6.07) is 0. The smallest absolute Gasteiger partial charge is 0.416 e. The third-order valence-electron chi connectivity index (χ3n) is 5.46. The Bertz CT molecular complexity index is 360. The van der Waals surface area contributed by atoms with Gasteiger partial charge in [0.05, 0.1) is 11.2 Å². The van der Waals surface area contributed by atoms with Crippen molar-refractivity contribution in [2.45, 2.75) is 79.4 Å². The van der Waals surface area contributed by atoms with Crippen molar-refractivity contribution in [3.8, 4) is 0 Å². The van der Waals surface area contributed by atoms with Gasteiger partial charge in [-0.25, -0.2) is 0 Å². The van der Waals surface area contributed by atoms with Crippen LogP contribution in [0.1, 0.15) is 68.2 Å². The van der Waals surface area contributed by atoms with E-state index in [-0.39, 0.29) is 16.6 Å². The van der Waals surface area contributed by atoms with E-state index in [1.807, 2.05) is 0 Å². The van der Waals surface area contributed by atoms with E-state index in [1.54, 1.807) is 7.11 Å². The zero-order valence-corrected chi connectivity index (χ0v) is 16.0. The highest BCUT2D eigenvalue weighted by atomic mass is 16.7. The maximum atomic E-state index is 6.32. The molecule has 1 saturated heterocycles. The zero-order chi connectivity index (χ0) is 17.2. The van der Waals surface area contributed by atoms with E-state index < -0.39 is 14.0 Å². The van der Waals surface area contributed by atoms with Crippen LogP contribution in [0.4, 0.5) is 0 Å². The SMILES string of the molecule is CCCC(C)(OB(OC)B1OCC(C)(C)C(C)(C)O1)C(C)C. The second-order valence-electron chi connectivity index (χ2n) is 8.13. The molecule has 0 aromatic rings. The lowest BCUT2D eigenvalue weighted by atomic mass is 9.46. The lowest BCUT2D eigenvalue weighted by Gasteiger charge is -2.48. The molecule has 1 aliphatic heterocycles. The Morgan fingerprint density at radius 3 is 2.27 bits per heavy atom. The van der Waals surface area contributed by atoms with Gasteiger partial charge in [0.25, 0.3) is 0 Å². The summed E-state index contributed by atoms with van der Waals surface area (Å²) in [6.07, 6.45) is 2.04. The lowest BCUT2D eigenvalue weighted by molar-refractivity contribution is -0.0970. The molecule has 0 N–H and O–H groups in total. The molecular formula is C16H34B2O4. The van der Waals surface area contributed by atoms with Crippen molar-refractivity contribution in [3.63, 3.8) is 0 Å². The molecule has 1 rings (SSSR count). The summed E-state index contributed by atoms with van der Waals surface area (Å²) in [7, 11) is 0.633. The van der Waals surface area contributed by atoms with Crippen molar-refractivity contribution in [1.82, 2.24) is 0 Å². The highest BCUT2D eigenvalue weighted by molar-refractivity contribution is 7.10. The van der Waals surface area contributed by atoms with Crippen molar-refractivity contribution < 1.29 is 18.6 Å². The van der Waals surface area contributed by atoms with Crippen molar-refractivity contribution in [2.75, 3.05) is 13.7 Å². The molecular weight excluding hydrogens is 278 g/mol. The van der Waals surface area contributed by atoms with Crippen LogP contribution in [-0.2, 0) is 18.6 Å². The third-order valence-corrected chi connectivity index (χ3v) is 5.46. The fourth-order valence-electron chi connectivity index (χ4n) is 2.54. The Balaban J connectivity index is 2.84. The van der Waals surface area contributed by atoms with Gasteiger partial charge in [0.1, 0.15) is 0 Å². The Morgan fingerprint density at radius 2 is 1.86 bits per heavy atom. The summed E-state index contributed by atoms with van der Waals surface area (Å²) in [5.41, 5.74) is -0.596. The summed E-state index contributed by atoms with van der Waals surface area (Å²) < 4.78 is 24.0. The fourth-order valence-corrected chi connectivity index (χ4v) is 2.54. The second kappa shape index (κ2) is 7.25. The predicted octanol–water partition coefficient (Wildman–Crippen LogP) is 3.77. The van der Waals surface area contributed by atoms with E-state index in [0.29, 0.717) is 12.5 Å². The van der Waals surface area contributed by atoms with Gasteiger partial charge in [-0.15, -0.1) is 0 Å². The van der Waals surface area contributed by atoms with Crippen LogP contribution in [0.15, 0.2) is 0 Å². The highest BCUT2D eigenvalue weighted by Gasteiger charge is 2.53. The highest BCUT2D eigenvalue weighted by Crippen LogP contribution is 2.39. The molecule has 1 fully saturated rings. The first-order chi connectivity index (χ1) is 9.99. The minimum Gasteiger partial charge on any atom is -0.416 e. The summed E-state index contributed by atoms with van der Waals surface area (Å²) in [4.78, 5) is 0. The van der Waals surface area contributed by atoms with Crippen LogP contribution in [0.2, 0.25) is 0 Å². The molecule has 128 valence electrons. The van der Waals surface area contributed by atoms with Crippen LogP contribution >= 0.6 is 0 Å². The van der Waals surface area contributed by atoms with Gasteiger partial charge in [0.2, 0.25) is 0 Å². The van der Waals surface area contributed by atoms with E-state index in [9.17, 15) is 0 Å². The molecule has 4 nitrogen and oxygen atoms in total. The second-order valence-corrected chi connectivity index (χ2v) is 8.13. The van der Waals surface area contributed by atoms with E-state index in [2.05, 4.69) is 55.4 Å². The maximum Gasteiger partial charge on any atom is 0.488 e. The Morgan fingerprint density at radius 1 is 1.27 bits per heavy atom. The van der Waals surface area contributed by atoms with Crippen molar-refractivity contribution in [3.05, 3.63) is 0 Å². The third kappa shape index (κ3) is 4.28. The number of rotatable bonds is 7. The van der Waals surface area contributed by atoms with Crippen LogP contribution in [0.25, 0.3) is 0 Å². The Kier molecular flexibility index (Phi) is 6.59. The zero-order valence-electron chi connectivity index (χ0n) is 16.0. The van der Waals surface area contributed by atoms with Crippen LogP contribution in [-0.4, -0.2) is 38.9 Å². The molecule has 0 amide bonds. The molecule has 0 radical (unpaired) electrons. The van der Waals surface area contributed by atoms with E-state index in [4.69, 9.17) is 18.6 Å². The van der Waals surface area contributed by atoms with Gasteiger partial charge in [-0.2, -0.15) is 0 Å². The maximum absolute atomic E-state index is 6.32. The minimum atomic E-state index is -0.519. The van der Waals surface area contributed by atoms with Gasteiger partial charge in [-0.3, -0.25) is 0 Å². The van der Waals surface area contributed by atoms with Crippen molar-refractivity contribution >= 4 is 14.0 Å². The molecule has 6 heteroatoms. The van der Waals surface area contributed by atoms with E-state index in [0.717, 1.165) is 12.8 Å². The average Bonchev–Trinajstić information content (AvgIpc) is 2.39. The summed E-state index contributed by atoms with van der Waals surface area (Å²) >= 11 is 0. The van der Waals surface area contributed by atoms with Crippen molar-refractivity contribution in [1.29, 1.82) is 0 Å². The first kappa shape index (κ1) is 20.0. The van der Waals surface area contributed by atoms with Gasteiger partial charge in [0, 0.05) is 19.1 Å². The van der Waals surface area contributed by atoms with E-state index >= 15 is 0 Å². The quantitative estimate of drug-likeness (QED) is 0.671. The Labute approximate surface area is 137 Å². The molecule has 1 heterocycles. The summed E-state index contributed by atoms with van der Waals surface area (Å²) in [6.45, 7) is 17.8. The van der Waals surface area contributed by atoms with Crippen LogP contribution in [0.5, 0.6) is 0 Å². The topological polar surface area (TPSA) is 36.9 Å². The summed E-state index contributed by atoms with van der Waals surface area (Å²) in [5.74, 6) is 0.387. The molecule has 0 spiro atoms. The van der Waals surface area contributed by atoms with Gasteiger partial charge < -0.3 is 18.6 Å². The summed E-state index contributed by atoms with van der Waals surface area (Å²) in [5, 5.41) is 0. The molecule has 0 bridgehead atoms. The van der Waals surface area contributed by atoms with Gasteiger partial charge in [-0.1, -0.05) is 41.0 Å². The first-order valence-corrected chi connectivity index (χ1v) is 8.49. The predicted molar refractivity (Wildman–Crippen MR) is 92.7 cm³/mol. The van der Waals surface area contributed by atoms with Crippen LogP contribution in [0, 0.1) is 11.3 Å². The van der Waals surface area contributed by atoms with Crippen molar-refractivity contribution in [2.24, 2.45) is 11.3 Å². The monoisotopic (exact) mass is 312 g/mol. The first-order valence-electron chi connectivity index (χ1n) is 8.49. The largest absolute Gasteiger partial charge is 0.488 e. The Hall–Kier alpha value is -0.0301. The average molecular weight is 312 g/mol. The molecule has 1 unspecified atom stereocenters. The standard InChI is InChI=1S/C16H34B2O4/c1-10-11-16(8,13(2)3)22-17(19-9)18-20-12-14(4,5)15(6,7)21-18/h13H,10-12H2,1-9H3. The van der Waals surface area contributed by atoms with E-state index in [1.165, 1.54) is 0 Å². The molecule has 0 aliphatic carbocycles. The number of hydrogen-bond acceptors (Lipinski definition) is 4. The van der Waals surface area contributed by atoms with Gasteiger partial charge in [-0.05, 0) is 33.1 Å². The molecule has 0 aromatic carbocycles. The van der Waals surface area contributed by atoms with Crippen LogP contribution in [0.3, 0.4) is 0 Å². The molecule has 1 atom stereocenters. The molecule has 0 saturated carbocycles. The number of hydrogen-bond donors (Lipinski definition) is 0. The van der Waals surface area contributed by atoms with Gasteiger partial charge in [0.15, 0.2) is 0 Å². The molecule has 22 heavy (non-hydrogen) atoms. The van der Waals surface area contributed by atoms with Gasteiger partial charge >= 0.3 is 14.0 Å². The fraction of sp³-hybridized carbons (Fsp3) is 1.00. The molecule has 1 aliphatic rings. The minimum absolute atomic E-state index is 0.0490. The normalized spacial score (nSPS) is 23.5.